The van der Waals surface area contributed by atoms with Crippen LogP contribution in [0.15, 0.2) is 71.1 Å². The molecule has 1 aliphatic heterocycles. The summed E-state index contributed by atoms with van der Waals surface area (Å²) in [5.41, 5.74) is 6.54. The predicted molar refractivity (Wildman–Crippen MR) is 86.7 cm³/mol. The molecular formula is C19H11ClNO+. The average Bonchev–Trinajstić information content (AvgIpc) is 3.09. The molecule has 0 radical (unpaired) electrons. The lowest BCUT2D eigenvalue weighted by molar-refractivity contribution is -0.485. The van der Waals surface area contributed by atoms with Crippen LogP contribution in [0.2, 0.25) is 5.02 Å². The Morgan fingerprint density at radius 2 is 1.64 bits per heavy atom. The van der Waals surface area contributed by atoms with Crippen molar-refractivity contribution in [3.05, 3.63) is 71.8 Å². The van der Waals surface area contributed by atoms with E-state index in [0.29, 0.717) is 5.02 Å². The lowest BCUT2D eigenvalue weighted by Gasteiger charge is -1.98. The second-order valence-corrected chi connectivity index (χ2v) is 5.86. The zero-order valence-corrected chi connectivity index (χ0v) is 12.3. The summed E-state index contributed by atoms with van der Waals surface area (Å²) in [6.07, 6.45) is 0. The van der Waals surface area contributed by atoms with Crippen LogP contribution in [0.3, 0.4) is 0 Å². The number of aromatic nitrogens is 1. The summed E-state index contributed by atoms with van der Waals surface area (Å²) in [5, 5.41) is 0.710. The summed E-state index contributed by atoms with van der Waals surface area (Å²) in [5.74, 6) is 0.861. The highest BCUT2D eigenvalue weighted by Gasteiger charge is 2.37. The number of pyridine rings is 1. The molecule has 104 valence electrons. The van der Waals surface area contributed by atoms with Crippen molar-refractivity contribution in [1.29, 1.82) is 0 Å². The first-order valence-corrected chi connectivity index (χ1v) is 7.54. The smallest absolute Gasteiger partial charge is 0.380 e. The number of oxazole rings is 1. The molecule has 3 heterocycles. The third-order valence-electron chi connectivity index (χ3n) is 4.14. The molecule has 5 rings (SSSR count). The number of benzene rings is 2. The fraction of sp³-hybridized carbons (Fsp3) is 0. The van der Waals surface area contributed by atoms with Gasteiger partial charge in [-0.3, -0.25) is 0 Å². The predicted octanol–water partition coefficient (Wildman–Crippen LogP) is 4.99. The van der Waals surface area contributed by atoms with Gasteiger partial charge in [-0.1, -0.05) is 35.9 Å². The van der Waals surface area contributed by atoms with Crippen LogP contribution in [-0.4, -0.2) is 0 Å². The molecule has 2 aromatic heterocycles. The summed E-state index contributed by atoms with van der Waals surface area (Å²) in [4.78, 5) is 0. The van der Waals surface area contributed by atoms with E-state index in [1.807, 2.05) is 36.4 Å². The highest BCUT2D eigenvalue weighted by atomic mass is 35.5. The number of hydrogen-bond donors (Lipinski definition) is 0. The maximum absolute atomic E-state index is 6.15. The van der Waals surface area contributed by atoms with E-state index in [2.05, 4.69) is 34.7 Å². The second-order valence-electron chi connectivity index (χ2n) is 5.42. The normalized spacial score (nSPS) is 11.9. The van der Waals surface area contributed by atoms with E-state index >= 15 is 0 Å². The van der Waals surface area contributed by atoms with Gasteiger partial charge in [0.2, 0.25) is 11.5 Å². The molecule has 4 aromatic rings. The van der Waals surface area contributed by atoms with Crippen molar-refractivity contribution in [2.45, 2.75) is 0 Å². The monoisotopic (exact) mass is 304 g/mol. The second kappa shape index (κ2) is 4.21. The highest BCUT2D eigenvalue weighted by Crippen LogP contribution is 2.41. The van der Waals surface area contributed by atoms with Crippen molar-refractivity contribution >= 4 is 17.3 Å². The van der Waals surface area contributed by atoms with Crippen LogP contribution in [0, 0.1) is 0 Å². The number of halogens is 1. The SMILES string of the molecule is Clc1cccc(-c2oc3cccc4[n+]3c2-c2ccccc2-4)c1. The van der Waals surface area contributed by atoms with E-state index in [-0.39, 0.29) is 0 Å². The van der Waals surface area contributed by atoms with E-state index < -0.39 is 0 Å². The van der Waals surface area contributed by atoms with Gasteiger partial charge in [0, 0.05) is 16.7 Å². The molecule has 0 bridgehead atoms. The fourth-order valence-corrected chi connectivity index (χ4v) is 3.44. The molecule has 3 heteroatoms. The minimum atomic E-state index is 0.710. The van der Waals surface area contributed by atoms with E-state index in [4.69, 9.17) is 16.0 Å². The lowest BCUT2D eigenvalue weighted by atomic mass is 10.0. The Morgan fingerprint density at radius 1 is 0.818 bits per heavy atom. The van der Waals surface area contributed by atoms with Gasteiger partial charge in [-0.05, 0) is 30.3 Å². The Kier molecular flexibility index (Phi) is 2.30. The van der Waals surface area contributed by atoms with Crippen LogP contribution in [0.1, 0.15) is 0 Å². The molecule has 0 aliphatic carbocycles. The van der Waals surface area contributed by atoms with Crippen LogP contribution in [0.25, 0.3) is 39.6 Å². The van der Waals surface area contributed by atoms with Crippen molar-refractivity contribution in [1.82, 2.24) is 0 Å². The molecule has 0 N–H and O–H groups in total. The fourth-order valence-electron chi connectivity index (χ4n) is 3.25. The van der Waals surface area contributed by atoms with Crippen LogP contribution < -0.4 is 4.40 Å². The molecule has 0 saturated heterocycles. The summed E-state index contributed by atoms with van der Waals surface area (Å²) in [7, 11) is 0. The van der Waals surface area contributed by atoms with Gasteiger partial charge >= 0.3 is 5.71 Å². The zero-order valence-electron chi connectivity index (χ0n) is 11.6. The largest absolute Gasteiger partial charge is 0.397 e. The van der Waals surface area contributed by atoms with Crippen LogP contribution in [0.5, 0.6) is 0 Å². The van der Waals surface area contributed by atoms with Gasteiger partial charge in [-0.15, -0.1) is 4.40 Å². The van der Waals surface area contributed by atoms with Crippen molar-refractivity contribution in [2.24, 2.45) is 0 Å². The topological polar surface area (TPSA) is 17.2 Å². The first-order valence-electron chi connectivity index (χ1n) is 7.16. The summed E-state index contributed by atoms with van der Waals surface area (Å²) in [6.45, 7) is 0. The number of fused-ring (bicyclic) bond motifs is 3. The van der Waals surface area contributed by atoms with Gasteiger partial charge in [0.25, 0.3) is 5.69 Å². The quantitative estimate of drug-likeness (QED) is 0.399. The van der Waals surface area contributed by atoms with Gasteiger partial charge in [-0.2, -0.15) is 0 Å². The molecule has 2 aromatic carbocycles. The third kappa shape index (κ3) is 1.48. The third-order valence-corrected chi connectivity index (χ3v) is 4.38. The number of rotatable bonds is 1. The molecule has 0 amide bonds. The molecule has 1 aliphatic rings. The molecule has 0 atom stereocenters. The van der Waals surface area contributed by atoms with Crippen LogP contribution >= 0.6 is 11.6 Å². The summed E-state index contributed by atoms with van der Waals surface area (Å²) in [6, 6.07) is 22.4. The number of hydrogen-bond acceptors (Lipinski definition) is 1. The van der Waals surface area contributed by atoms with Crippen molar-refractivity contribution in [2.75, 3.05) is 0 Å². The Labute approximate surface area is 132 Å². The van der Waals surface area contributed by atoms with E-state index in [9.17, 15) is 0 Å². The lowest BCUT2D eigenvalue weighted by Crippen LogP contribution is -2.20. The Morgan fingerprint density at radius 3 is 2.50 bits per heavy atom. The number of nitrogens with zero attached hydrogens (tertiary/aromatic N) is 1. The first kappa shape index (κ1) is 12.0. The maximum Gasteiger partial charge on any atom is 0.380 e. The molecule has 0 unspecified atom stereocenters. The minimum Gasteiger partial charge on any atom is -0.397 e. The molecule has 2 nitrogen and oxygen atoms in total. The molecule has 22 heavy (non-hydrogen) atoms. The van der Waals surface area contributed by atoms with E-state index in [1.165, 1.54) is 16.8 Å². The van der Waals surface area contributed by atoms with E-state index in [1.54, 1.807) is 0 Å². The molecule has 0 fully saturated rings. The van der Waals surface area contributed by atoms with Crippen LogP contribution in [-0.2, 0) is 0 Å². The summed E-state index contributed by atoms with van der Waals surface area (Å²) >= 11 is 6.15. The van der Waals surface area contributed by atoms with Crippen molar-refractivity contribution in [3.8, 4) is 33.8 Å². The Balaban J connectivity index is 1.93. The average molecular weight is 305 g/mol. The van der Waals surface area contributed by atoms with Gasteiger partial charge in [0.15, 0.2) is 0 Å². The Hall–Kier alpha value is -2.58. The van der Waals surface area contributed by atoms with Gasteiger partial charge in [0.1, 0.15) is 0 Å². The van der Waals surface area contributed by atoms with Gasteiger partial charge < -0.3 is 4.42 Å². The van der Waals surface area contributed by atoms with Crippen LogP contribution in [0.4, 0.5) is 0 Å². The highest BCUT2D eigenvalue weighted by molar-refractivity contribution is 6.30. The standard InChI is InChI=1S/C19H11ClNO/c20-13-6-3-5-12(11-13)19-18-15-8-2-1-7-14(15)16-9-4-10-17(22-19)21(16)18/h1-11H/q+1. The van der Waals surface area contributed by atoms with Crippen molar-refractivity contribution < 1.29 is 8.82 Å². The van der Waals surface area contributed by atoms with E-state index in [0.717, 1.165) is 22.7 Å². The molecule has 0 spiro atoms. The first-order chi connectivity index (χ1) is 10.8. The maximum atomic E-state index is 6.15. The summed E-state index contributed by atoms with van der Waals surface area (Å²) < 4.78 is 8.31. The van der Waals surface area contributed by atoms with Crippen molar-refractivity contribution in [3.63, 3.8) is 0 Å². The van der Waals surface area contributed by atoms with Gasteiger partial charge in [0.05, 0.1) is 17.2 Å². The molecule has 0 saturated carbocycles. The Bertz CT molecular complexity index is 1050. The minimum absolute atomic E-state index is 0.710. The zero-order chi connectivity index (χ0) is 14.7. The molecular weight excluding hydrogens is 294 g/mol. The van der Waals surface area contributed by atoms with Gasteiger partial charge in [-0.25, -0.2) is 0 Å².